The lowest BCUT2D eigenvalue weighted by atomic mass is 9.94. The molecule has 1 rings (SSSR count). The molecule has 0 radical (unpaired) electrons. The van der Waals surface area contributed by atoms with Crippen molar-refractivity contribution in [3.63, 3.8) is 0 Å². The van der Waals surface area contributed by atoms with Gasteiger partial charge in [-0.05, 0) is 18.3 Å². The highest BCUT2D eigenvalue weighted by atomic mass is 32.2. The summed E-state index contributed by atoms with van der Waals surface area (Å²) in [6.45, 7) is 4.77. The zero-order valence-electron chi connectivity index (χ0n) is 7.00. The van der Waals surface area contributed by atoms with E-state index < -0.39 is 10.0 Å². The Balaban J connectivity index is 2.61. The van der Waals surface area contributed by atoms with Crippen molar-refractivity contribution in [2.75, 3.05) is 12.3 Å². The molecule has 3 nitrogen and oxygen atoms in total. The maximum atomic E-state index is 11.1. The third-order valence-electron chi connectivity index (χ3n) is 2.21. The maximum absolute atomic E-state index is 11.1. The third-order valence-corrected chi connectivity index (χ3v) is 3.72. The molecular formula is C7H15NO2S. The molecule has 1 aliphatic rings. The number of rotatable bonds is 1. The van der Waals surface area contributed by atoms with Crippen LogP contribution in [0.2, 0.25) is 0 Å². The van der Waals surface area contributed by atoms with E-state index in [0.29, 0.717) is 24.1 Å². The molecule has 0 bridgehead atoms. The van der Waals surface area contributed by atoms with Crippen LogP contribution >= 0.6 is 0 Å². The largest absolute Gasteiger partial charge is 0.215 e. The fourth-order valence-electron chi connectivity index (χ4n) is 1.35. The number of hydrogen-bond acceptors (Lipinski definition) is 2. The molecule has 1 fully saturated rings. The molecule has 11 heavy (non-hydrogen) atoms. The van der Waals surface area contributed by atoms with Crippen molar-refractivity contribution in [2.24, 2.45) is 11.8 Å². The van der Waals surface area contributed by atoms with Gasteiger partial charge in [-0.3, -0.25) is 0 Å². The molecule has 0 aliphatic carbocycles. The van der Waals surface area contributed by atoms with Crippen LogP contribution in [0.4, 0.5) is 0 Å². The Kier molecular flexibility index (Phi) is 2.54. The Hall–Kier alpha value is -0.0900. The van der Waals surface area contributed by atoms with Gasteiger partial charge < -0.3 is 0 Å². The van der Waals surface area contributed by atoms with Gasteiger partial charge in [-0.1, -0.05) is 13.8 Å². The number of hydrogen-bond donors (Lipinski definition) is 1. The summed E-state index contributed by atoms with van der Waals surface area (Å²) in [6.07, 6.45) is 0.983. The predicted molar refractivity (Wildman–Crippen MR) is 44.7 cm³/mol. The molecule has 1 heterocycles. The molecule has 4 heteroatoms. The second-order valence-electron chi connectivity index (χ2n) is 3.47. The van der Waals surface area contributed by atoms with Crippen LogP contribution in [0.15, 0.2) is 0 Å². The normalized spacial score (nSPS) is 30.6. The lowest BCUT2D eigenvalue weighted by Crippen LogP contribution is -2.39. The summed E-state index contributed by atoms with van der Waals surface area (Å²) in [6, 6.07) is 0. The summed E-state index contributed by atoms with van der Waals surface area (Å²) in [4.78, 5) is 0. The van der Waals surface area contributed by atoms with Gasteiger partial charge in [-0.2, -0.15) is 0 Å². The van der Waals surface area contributed by atoms with Gasteiger partial charge >= 0.3 is 0 Å². The van der Waals surface area contributed by atoms with Crippen molar-refractivity contribution in [2.45, 2.75) is 20.3 Å². The van der Waals surface area contributed by atoms with E-state index in [1.807, 2.05) is 0 Å². The van der Waals surface area contributed by atoms with E-state index in [1.165, 1.54) is 0 Å². The SMILES string of the molecule is CC(C)C1CCNS(=O)(=O)C1. The Morgan fingerprint density at radius 1 is 1.45 bits per heavy atom. The van der Waals surface area contributed by atoms with Gasteiger partial charge in [0.25, 0.3) is 0 Å². The first-order chi connectivity index (χ1) is 5.01. The quantitative estimate of drug-likeness (QED) is 0.637. The van der Waals surface area contributed by atoms with E-state index in [1.54, 1.807) is 0 Å². The first-order valence-electron chi connectivity index (χ1n) is 3.98. The van der Waals surface area contributed by atoms with Crippen molar-refractivity contribution in [1.29, 1.82) is 0 Å². The maximum Gasteiger partial charge on any atom is 0.211 e. The zero-order chi connectivity index (χ0) is 8.48. The summed E-state index contributed by atoms with van der Waals surface area (Å²) >= 11 is 0. The Bertz CT molecular complexity index is 221. The minimum Gasteiger partial charge on any atom is -0.215 e. The van der Waals surface area contributed by atoms with Crippen LogP contribution in [-0.4, -0.2) is 20.7 Å². The molecule has 1 atom stereocenters. The van der Waals surface area contributed by atoms with E-state index in [9.17, 15) is 8.42 Å². The molecule has 0 saturated carbocycles. The molecule has 66 valence electrons. The van der Waals surface area contributed by atoms with Gasteiger partial charge in [-0.25, -0.2) is 13.1 Å². The van der Waals surface area contributed by atoms with Crippen molar-refractivity contribution >= 4 is 10.0 Å². The lowest BCUT2D eigenvalue weighted by Gasteiger charge is -2.25. The van der Waals surface area contributed by atoms with Gasteiger partial charge in [0, 0.05) is 6.54 Å². The van der Waals surface area contributed by atoms with Crippen LogP contribution in [0.3, 0.4) is 0 Å². The second kappa shape index (κ2) is 3.11. The van der Waals surface area contributed by atoms with Gasteiger partial charge in [0.05, 0.1) is 5.75 Å². The van der Waals surface area contributed by atoms with Crippen LogP contribution < -0.4 is 4.72 Å². The van der Waals surface area contributed by atoms with Crippen molar-refractivity contribution < 1.29 is 8.42 Å². The average molecular weight is 177 g/mol. The summed E-state index contributed by atoms with van der Waals surface area (Å²) in [5.74, 6) is 1.14. The minimum absolute atomic E-state index is 0.310. The Labute approximate surface area is 68.2 Å². The monoisotopic (exact) mass is 177 g/mol. The topological polar surface area (TPSA) is 46.2 Å². The molecular weight excluding hydrogens is 162 g/mol. The first kappa shape index (κ1) is 9.00. The highest BCUT2D eigenvalue weighted by molar-refractivity contribution is 7.89. The highest BCUT2D eigenvalue weighted by Crippen LogP contribution is 2.19. The van der Waals surface area contributed by atoms with E-state index in [4.69, 9.17) is 0 Å². The number of sulfonamides is 1. The van der Waals surface area contributed by atoms with Crippen molar-refractivity contribution in [3.05, 3.63) is 0 Å². The van der Waals surface area contributed by atoms with Gasteiger partial charge in [-0.15, -0.1) is 0 Å². The minimum atomic E-state index is -2.93. The first-order valence-corrected chi connectivity index (χ1v) is 5.64. The smallest absolute Gasteiger partial charge is 0.211 e. The third kappa shape index (κ3) is 2.45. The average Bonchev–Trinajstić information content (AvgIpc) is 1.85. The summed E-state index contributed by atoms with van der Waals surface area (Å²) < 4.78 is 24.6. The van der Waals surface area contributed by atoms with Crippen LogP contribution in [0.1, 0.15) is 20.3 Å². The van der Waals surface area contributed by atoms with E-state index in [0.717, 1.165) is 6.42 Å². The second-order valence-corrected chi connectivity index (χ2v) is 5.32. The van der Waals surface area contributed by atoms with Crippen LogP contribution in [0, 0.1) is 11.8 Å². The molecule has 0 spiro atoms. The zero-order valence-corrected chi connectivity index (χ0v) is 7.82. The fraction of sp³-hybridized carbons (Fsp3) is 1.00. The fourth-order valence-corrected chi connectivity index (χ4v) is 3.01. The summed E-state index contributed by atoms with van der Waals surface area (Å²) in [5, 5.41) is 0. The van der Waals surface area contributed by atoms with Gasteiger partial charge in [0.2, 0.25) is 10.0 Å². The molecule has 0 aromatic rings. The van der Waals surface area contributed by atoms with Crippen LogP contribution in [0.25, 0.3) is 0 Å². The van der Waals surface area contributed by atoms with Crippen LogP contribution in [-0.2, 0) is 10.0 Å². The van der Waals surface area contributed by atoms with Gasteiger partial charge in [0.1, 0.15) is 0 Å². The molecule has 1 unspecified atom stereocenters. The molecule has 0 aromatic heterocycles. The van der Waals surface area contributed by atoms with E-state index in [-0.39, 0.29) is 0 Å². The molecule has 1 saturated heterocycles. The molecule has 0 aromatic carbocycles. The molecule has 1 aliphatic heterocycles. The Morgan fingerprint density at radius 2 is 2.09 bits per heavy atom. The standard InChI is InChI=1S/C7H15NO2S/c1-6(2)7-3-4-8-11(9,10)5-7/h6-8H,3-5H2,1-2H3. The number of nitrogens with one attached hydrogen (secondary N) is 1. The summed E-state index contributed by atoms with van der Waals surface area (Å²) in [7, 11) is -2.93. The summed E-state index contributed by atoms with van der Waals surface area (Å²) in [5.41, 5.74) is 0. The predicted octanol–water partition coefficient (Wildman–Crippen LogP) is 0.582. The van der Waals surface area contributed by atoms with Crippen LogP contribution in [0.5, 0.6) is 0 Å². The highest BCUT2D eigenvalue weighted by Gasteiger charge is 2.25. The van der Waals surface area contributed by atoms with E-state index >= 15 is 0 Å². The van der Waals surface area contributed by atoms with Gasteiger partial charge in [0.15, 0.2) is 0 Å². The molecule has 0 amide bonds. The van der Waals surface area contributed by atoms with E-state index in [2.05, 4.69) is 18.6 Å². The Morgan fingerprint density at radius 3 is 2.45 bits per heavy atom. The van der Waals surface area contributed by atoms with Crippen molar-refractivity contribution in [1.82, 2.24) is 4.72 Å². The molecule has 1 N–H and O–H groups in total. The van der Waals surface area contributed by atoms with Crippen molar-refractivity contribution in [3.8, 4) is 0 Å². The lowest BCUT2D eigenvalue weighted by molar-refractivity contribution is 0.375.